The maximum absolute atomic E-state index is 12.5. The first-order valence-corrected chi connectivity index (χ1v) is 13.1. The Morgan fingerprint density at radius 2 is 1.80 bits per heavy atom. The minimum Gasteiger partial charge on any atom is -0.508 e. The van der Waals surface area contributed by atoms with Gasteiger partial charge in [-0.3, -0.25) is 4.79 Å². The smallest absolute Gasteiger partial charge is 0.331 e. The molecule has 0 radical (unpaired) electrons. The lowest BCUT2D eigenvalue weighted by molar-refractivity contribution is -0.278. The number of aromatic hydroxyl groups is 1. The lowest BCUT2D eigenvalue weighted by Crippen LogP contribution is -2.61. The number of allylic oxidation sites excluding steroid dienone is 2. The van der Waals surface area contributed by atoms with Gasteiger partial charge in [0.2, 0.25) is 6.29 Å². The van der Waals surface area contributed by atoms with Crippen molar-refractivity contribution in [3.05, 3.63) is 42.0 Å². The number of aliphatic hydroxyl groups is 5. The second kappa shape index (κ2) is 11.2. The molecule has 0 unspecified atom stereocenters. The van der Waals surface area contributed by atoms with E-state index in [-0.39, 0.29) is 30.1 Å². The molecule has 2 bridgehead atoms. The quantitative estimate of drug-likeness (QED) is 0.135. The predicted octanol–water partition coefficient (Wildman–Crippen LogP) is -0.160. The van der Waals surface area contributed by atoms with Crippen LogP contribution in [0.25, 0.3) is 0 Å². The number of rotatable bonds is 8. The Bertz CT molecular complexity index is 1230. The number of aliphatic hydroxyl groups excluding tert-OH is 4. The fraction of sp³-hybridized carbons (Fsp3) is 0.571. The van der Waals surface area contributed by atoms with Crippen LogP contribution in [0.5, 0.6) is 17.2 Å². The van der Waals surface area contributed by atoms with Crippen LogP contribution in [0.1, 0.15) is 33.6 Å². The summed E-state index contributed by atoms with van der Waals surface area (Å²) < 4.78 is 27.0. The van der Waals surface area contributed by atoms with Gasteiger partial charge in [0.25, 0.3) is 0 Å². The normalized spacial score (nSPS) is 39.0. The van der Waals surface area contributed by atoms with Gasteiger partial charge in [-0.25, -0.2) is 4.79 Å². The molecular weight excluding hydrogens is 544 g/mol. The van der Waals surface area contributed by atoms with Gasteiger partial charge in [0.15, 0.2) is 11.5 Å². The van der Waals surface area contributed by atoms with Crippen molar-refractivity contribution in [3.8, 4) is 17.2 Å². The van der Waals surface area contributed by atoms with E-state index in [9.17, 15) is 40.2 Å². The molecule has 9 atom stereocenters. The highest BCUT2D eigenvalue weighted by Gasteiger charge is 2.72. The second-order valence-electron chi connectivity index (χ2n) is 11.1. The summed E-state index contributed by atoms with van der Waals surface area (Å²) in [4.78, 5) is 25.0. The van der Waals surface area contributed by atoms with E-state index >= 15 is 0 Å². The van der Waals surface area contributed by atoms with E-state index in [4.69, 9.17) is 23.7 Å². The van der Waals surface area contributed by atoms with Crippen LogP contribution in [0.4, 0.5) is 0 Å². The van der Waals surface area contributed by atoms with E-state index in [1.807, 2.05) is 0 Å². The van der Waals surface area contributed by atoms with Crippen LogP contribution in [0.15, 0.2) is 42.0 Å². The number of phenolic OH excluding ortho intramolecular Hbond substituents is 1. The highest BCUT2D eigenvalue weighted by atomic mass is 16.7. The van der Waals surface area contributed by atoms with Gasteiger partial charge in [0.05, 0.1) is 13.2 Å². The molecule has 0 spiro atoms. The van der Waals surface area contributed by atoms with Gasteiger partial charge in [-0.1, -0.05) is 6.08 Å². The molecule has 6 N–H and O–H groups in total. The maximum atomic E-state index is 12.5. The number of hydrogen-bond acceptors (Lipinski definition) is 13. The Balaban J connectivity index is 1.40. The van der Waals surface area contributed by atoms with E-state index in [1.54, 1.807) is 13.8 Å². The van der Waals surface area contributed by atoms with Crippen LogP contribution < -0.4 is 9.47 Å². The summed E-state index contributed by atoms with van der Waals surface area (Å²) in [5, 5.41) is 62.3. The minimum absolute atomic E-state index is 0.0154. The molecule has 13 nitrogen and oxygen atoms in total. The number of carbonyl (C=O) groups is 2. The van der Waals surface area contributed by atoms with Crippen LogP contribution in [-0.4, -0.2) is 104 Å². The fourth-order valence-corrected chi connectivity index (χ4v) is 5.65. The monoisotopic (exact) mass is 580 g/mol. The number of ether oxygens (including phenoxy) is 5. The van der Waals surface area contributed by atoms with Gasteiger partial charge in [0.1, 0.15) is 53.4 Å². The van der Waals surface area contributed by atoms with Gasteiger partial charge >= 0.3 is 11.9 Å². The zero-order valence-electron chi connectivity index (χ0n) is 23.1. The van der Waals surface area contributed by atoms with Crippen molar-refractivity contribution in [2.75, 3.05) is 13.7 Å². The lowest BCUT2D eigenvalue weighted by Gasteiger charge is -2.47. The molecule has 226 valence electrons. The number of phenols is 1. The maximum Gasteiger partial charge on any atom is 0.331 e. The largest absolute Gasteiger partial charge is 0.508 e. The van der Waals surface area contributed by atoms with Crippen molar-refractivity contribution in [1.29, 1.82) is 0 Å². The Hall–Kier alpha value is -3.20. The summed E-state index contributed by atoms with van der Waals surface area (Å²) in [6, 6.07) is 3.94. The van der Waals surface area contributed by atoms with Crippen LogP contribution in [0.3, 0.4) is 0 Å². The van der Waals surface area contributed by atoms with E-state index in [0.717, 1.165) is 6.08 Å². The average molecular weight is 581 g/mol. The Kier molecular flexibility index (Phi) is 8.42. The molecule has 0 aromatic heterocycles. The van der Waals surface area contributed by atoms with Crippen molar-refractivity contribution in [2.24, 2.45) is 5.41 Å². The number of benzene rings is 1. The Labute approximate surface area is 236 Å². The molecule has 4 rings (SSSR count). The number of esters is 2. The third kappa shape index (κ3) is 5.53. The summed E-state index contributed by atoms with van der Waals surface area (Å²) in [7, 11) is 1.34. The van der Waals surface area contributed by atoms with Crippen LogP contribution in [-0.2, 0) is 23.8 Å². The van der Waals surface area contributed by atoms with Crippen LogP contribution >= 0.6 is 0 Å². The summed E-state index contributed by atoms with van der Waals surface area (Å²) >= 11 is 0. The van der Waals surface area contributed by atoms with Crippen molar-refractivity contribution in [3.63, 3.8) is 0 Å². The van der Waals surface area contributed by atoms with E-state index in [0.29, 0.717) is 5.57 Å². The summed E-state index contributed by atoms with van der Waals surface area (Å²) in [6.45, 7) is 4.13. The van der Waals surface area contributed by atoms with Gasteiger partial charge in [0, 0.05) is 18.6 Å². The topological polar surface area (TPSA) is 202 Å². The second-order valence-corrected chi connectivity index (χ2v) is 11.1. The molecule has 1 aromatic carbocycles. The summed E-state index contributed by atoms with van der Waals surface area (Å²) in [5.74, 6) is -1.34. The standard InChI is InChI=1S/C28H36O13/c1-14(7-8-28(36)26(2)11-16(30)12-27(28,3)41-25(26)35)9-20(31)38-13-19-21(32)22(33)23(34)24(40-19)39-17-6-5-15(29)10-18(17)37-4/h5-10,16,19,21-24,29-30,32-34,36H,11-13H2,1-4H3/b8-7+,14-9-/t16-,19+,21+,22-,23+,24+,26+,27+,28-/m0/s1. The molecule has 1 aromatic rings. The first kappa shape index (κ1) is 30.8. The Morgan fingerprint density at radius 3 is 2.46 bits per heavy atom. The van der Waals surface area contributed by atoms with E-state index < -0.39 is 72.0 Å². The predicted molar refractivity (Wildman–Crippen MR) is 139 cm³/mol. The van der Waals surface area contributed by atoms with Crippen LogP contribution in [0.2, 0.25) is 0 Å². The van der Waals surface area contributed by atoms with Gasteiger partial charge in [-0.15, -0.1) is 0 Å². The van der Waals surface area contributed by atoms with E-state index in [1.165, 1.54) is 44.4 Å². The third-order valence-corrected chi connectivity index (χ3v) is 8.07. The van der Waals surface area contributed by atoms with Crippen LogP contribution in [0, 0.1) is 5.41 Å². The number of hydrogen-bond donors (Lipinski definition) is 6. The molecule has 1 saturated carbocycles. The molecule has 2 aliphatic heterocycles. The summed E-state index contributed by atoms with van der Waals surface area (Å²) in [5.41, 5.74) is -4.10. The van der Waals surface area contributed by atoms with Crippen molar-refractivity contribution >= 4 is 11.9 Å². The zero-order valence-corrected chi connectivity index (χ0v) is 23.1. The third-order valence-electron chi connectivity index (χ3n) is 8.07. The molecule has 3 fully saturated rings. The van der Waals surface area contributed by atoms with Gasteiger partial charge in [-0.2, -0.15) is 0 Å². The van der Waals surface area contributed by atoms with Gasteiger partial charge in [-0.05, 0) is 51.0 Å². The minimum atomic E-state index is -1.73. The number of fused-ring (bicyclic) bond motifs is 2. The van der Waals surface area contributed by atoms with Crippen molar-refractivity contribution < 1.29 is 63.9 Å². The highest BCUT2D eigenvalue weighted by Crippen LogP contribution is 2.58. The molecule has 41 heavy (non-hydrogen) atoms. The first-order valence-electron chi connectivity index (χ1n) is 13.1. The highest BCUT2D eigenvalue weighted by molar-refractivity contribution is 5.84. The van der Waals surface area contributed by atoms with E-state index in [2.05, 4.69) is 0 Å². The Morgan fingerprint density at radius 1 is 1.10 bits per heavy atom. The number of methoxy groups -OCH3 is 1. The zero-order chi connectivity index (χ0) is 30.3. The molecule has 1 aliphatic carbocycles. The molecular formula is C28H36O13. The SMILES string of the molecule is COc1cc(O)ccc1O[C@@H]1O[C@H](COC(=O)/C=C(C)\C=C\[C@@]2(O)[C@@]3(C)C[C@@H](O)C[C@]2(C)C(=O)O3)[C@@H](O)[C@H](O)[C@H]1O. The molecule has 3 aliphatic rings. The summed E-state index contributed by atoms with van der Waals surface area (Å²) in [6.07, 6.45) is -4.54. The lowest BCUT2D eigenvalue weighted by atomic mass is 9.59. The first-order chi connectivity index (χ1) is 19.1. The van der Waals surface area contributed by atoms with Crippen molar-refractivity contribution in [1.82, 2.24) is 0 Å². The average Bonchev–Trinajstić information content (AvgIpc) is 2.97. The molecule has 2 heterocycles. The molecule has 0 amide bonds. The molecule has 13 heteroatoms. The molecule has 2 saturated heterocycles. The fourth-order valence-electron chi connectivity index (χ4n) is 5.65. The van der Waals surface area contributed by atoms with Gasteiger partial charge < -0.3 is 54.3 Å². The number of carbonyl (C=O) groups excluding carboxylic acids is 2. The van der Waals surface area contributed by atoms with Crippen molar-refractivity contribution in [2.45, 2.75) is 81.6 Å².